The predicted molar refractivity (Wildman–Crippen MR) is 109 cm³/mol. The van der Waals surface area contributed by atoms with Crippen LogP contribution in [0.5, 0.6) is 0 Å². The Balaban J connectivity index is 2.93. The molecule has 8 heteroatoms. The van der Waals surface area contributed by atoms with Gasteiger partial charge in [-0.25, -0.2) is 0 Å². The highest BCUT2D eigenvalue weighted by atomic mass is 16.5. The minimum Gasteiger partial charge on any atom is -0.468 e. The number of carbonyl (C=O) groups is 2. The van der Waals surface area contributed by atoms with Crippen molar-refractivity contribution in [3.05, 3.63) is 0 Å². The third-order valence-electron chi connectivity index (χ3n) is 6.16. The lowest BCUT2D eigenvalue weighted by molar-refractivity contribution is -0.132. The van der Waals surface area contributed by atoms with Crippen LogP contribution in [0.2, 0.25) is 6.32 Å². The minimum absolute atomic E-state index is 0.0765. The molecule has 158 valence electrons. The second-order valence-corrected chi connectivity index (χ2v) is 8.12. The lowest BCUT2D eigenvalue weighted by atomic mass is 9.61. The fraction of sp³-hybridized carbons (Fsp3) is 0.800. The number of amides is 1. The molecule has 0 unspecified atom stereocenters. The third kappa shape index (κ3) is 6.23. The zero-order chi connectivity index (χ0) is 21.2. The molecule has 0 spiro atoms. The highest BCUT2D eigenvalue weighted by Gasteiger charge is 2.54. The van der Waals surface area contributed by atoms with E-state index < -0.39 is 18.6 Å². The maximum absolute atomic E-state index is 12.7. The molecule has 0 aromatic rings. The summed E-state index contributed by atoms with van der Waals surface area (Å²) < 4.78 is 4.74. The summed E-state index contributed by atoms with van der Waals surface area (Å²) in [5.41, 5.74) is 5.17. The number of hydrogen-bond donors (Lipinski definition) is 3. The Bertz CT molecular complexity index is 553. The van der Waals surface area contributed by atoms with Gasteiger partial charge in [-0.05, 0) is 38.9 Å². The maximum atomic E-state index is 12.7. The van der Waals surface area contributed by atoms with Gasteiger partial charge in [0.15, 0.2) is 0 Å². The van der Waals surface area contributed by atoms with Crippen LogP contribution in [0.15, 0.2) is 0 Å². The number of carbonyl (C=O) groups excluding carboxylic acids is 2. The van der Waals surface area contributed by atoms with Gasteiger partial charge < -0.3 is 25.4 Å². The highest BCUT2D eigenvalue weighted by molar-refractivity contribution is 6.40. The molecule has 7 nitrogen and oxygen atoms in total. The Morgan fingerprint density at radius 2 is 2.00 bits per heavy atom. The summed E-state index contributed by atoms with van der Waals surface area (Å²) in [6.07, 6.45) is 11.5. The third-order valence-corrected chi connectivity index (χ3v) is 6.16. The summed E-state index contributed by atoms with van der Waals surface area (Å²) in [7, 11) is -1.35. The fourth-order valence-corrected chi connectivity index (χ4v) is 4.24. The molecule has 28 heavy (non-hydrogen) atoms. The Kier molecular flexibility index (Phi) is 10.0. The number of unbranched alkanes of at least 4 members (excludes halogenated alkanes) is 2. The molecule has 1 rings (SSSR count). The second kappa shape index (κ2) is 11.4. The fourth-order valence-electron chi connectivity index (χ4n) is 4.24. The topological polar surface area (TPSA) is 113 Å². The molecule has 1 aliphatic rings. The van der Waals surface area contributed by atoms with E-state index in [2.05, 4.69) is 5.92 Å². The largest absolute Gasteiger partial charge is 0.468 e. The van der Waals surface area contributed by atoms with Crippen molar-refractivity contribution in [3.8, 4) is 12.3 Å². The number of hydrogen-bond acceptors (Lipinski definition) is 6. The first-order valence-corrected chi connectivity index (χ1v) is 10.2. The summed E-state index contributed by atoms with van der Waals surface area (Å²) in [5.74, 6) is 2.87. The van der Waals surface area contributed by atoms with Crippen LogP contribution in [0.4, 0.5) is 0 Å². The first-order chi connectivity index (χ1) is 13.2. The van der Waals surface area contributed by atoms with E-state index in [9.17, 15) is 19.6 Å². The smallest absolute Gasteiger partial charge is 0.451 e. The van der Waals surface area contributed by atoms with Gasteiger partial charge in [0.2, 0.25) is 5.91 Å². The first-order valence-electron chi connectivity index (χ1n) is 10.2. The van der Waals surface area contributed by atoms with Gasteiger partial charge in [0.1, 0.15) is 0 Å². The predicted octanol–water partition coefficient (Wildman–Crippen LogP) is 1.18. The summed E-state index contributed by atoms with van der Waals surface area (Å²) >= 11 is 0. The van der Waals surface area contributed by atoms with Crippen LogP contribution in [-0.2, 0) is 14.3 Å². The Hall–Kier alpha value is -1.56. The molecular formula is C20H35BN2O5. The van der Waals surface area contributed by atoms with Crippen molar-refractivity contribution in [3.63, 3.8) is 0 Å². The Morgan fingerprint density at radius 3 is 2.57 bits per heavy atom. The van der Waals surface area contributed by atoms with Gasteiger partial charge in [0.25, 0.3) is 6.47 Å². The zero-order valence-electron chi connectivity index (χ0n) is 17.2. The summed E-state index contributed by atoms with van der Waals surface area (Å²) in [5, 5.41) is 18.5. The molecular weight excluding hydrogens is 359 g/mol. The van der Waals surface area contributed by atoms with Crippen molar-refractivity contribution in [1.29, 1.82) is 0 Å². The number of nitrogens with zero attached hydrogens (tertiary/aromatic N) is 1. The number of likely N-dealkylation sites (tertiary alicyclic amines) is 1. The van der Waals surface area contributed by atoms with Crippen molar-refractivity contribution in [2.75, 3.05) is 19.7 Å². The van der Waals surface area contributed by atoms with Crippen LogP contribution >= 0.6 is 0 Å². The van der Waals surface area contributed by atoms with E-state index in [1.165, 1.54) is 0 Å². The van der Waals surface area contributed by atoms with Crippen molar-refractivity contribution < 1.29 is 24.4 Å². The van der Waals surface area contributed by atoms with Gasteiger partial charge in [-0.3, -0.25) is 9.59 Å². The van der Waals surface area contributed by atoms with Crippen LogP contribution in [-0.4, -0.2) is 60.2 Å². The van der Waals surface area contributed by atoms with Crippen molar-refractivity contribution in [2.24, 2.45) is 16.6 Å². The molecule has 1 fully saturated rings. The quantitative estimate of drug-likeness (QED) is 0.187. The van der Waals surface area contributed by atoms with E-state index in [0.717, 1.165) is 25.7 Å². The monoisotopic (exact) mass is 394 g/mol. The SMILES string of the molecule is C#C[C@]1(C)CN(C(=O)[C@@H](N)CC)C[C@]1(CCCCCOC=O)CCCB(O)O. The molecule has 0 saturated carbocycles. The Morgan fingerprint density at radius 1 is 1.32 bits per heavy atom. The number of rotatable bonds is 13. The lowest BCUT2D eigenvalue weighted by Gasteiger charge is -2.40. The molecule has 1 aliphatic heterocycles. The average Bonchev–Trinajstić information content (AvgIpc) is 2.96. The summed E-state index contributed by atoms with van der Waals surface area (Å²) in [6, 6.07) is -0.530. The van der Waals surface area contributed by atoms with Crippen LogP contribution in [0.25, 0.3) is 0 Å². The van der Waals surface area contributed by atoms with E-state index in [1.54, 1.807) is 4.90 Å². The van der Waals surface area contributed by atoms with Gasteiger partial charge in [0.05, 0.1) is 18.1 Å². The van der Waals surface area contributed by atoms with Crippen molar-refractivity contribution in [1.82, 2.24) is 4.90 Å². The second-order valence-electron chi connectivity index (χ2n) is 8.12. The Labute approximate surface area is 169 Å². The van der Waals surface area contributed by atoms with Crippen LogP contribution in [0.1, 0.15) is 58.8 Å². The zero-order valence-corrected chi connectivity index (χ0v) is 17.2. The molecule has 3 atom stereocenters. The van der Waals surface area contributed by atoms with Gasteiger partial charge >= 0.3 is 7.12 Å². The summed E-state index contributed by atoms with van der Waals surface area (Å²) in [4.78, 5) is 24.7. The molecule has 0 aliphatic carbocycles. The first kappa shape index (κ1) is 24.5. The van der Waals surface area contributed by atoms with Crippen molar-refractivity contribution >= 4 is 19.5 Å². The molecule has 0 radical (unpaired) electrons. The molecule has 0 bridgehead atoms. The maximum Gasteiger partial charge on any atom is 0.451 e. The molecule has 0 aromatic carbocycles. The number of ether oxygens (including phenoxy) is 1. The standard InChI is InChI=1S/C20H35BN2O5/c1-4-17(22)18(25)23-14-19(3,5-2)20(15-23,11-9-12-21(26)27)10-7-6-8-13-28-16-24/h2,16-17,26-27H,4,6-15,22H2,1,3H3/t17-,19+,20-/m0/s1. The average molecular weight is 394 g/mol. The van der Waals surface area contributed by atoms with Crippen LogP contribution in [0, 0.1) is 23.2 Å². The van der Waals surface area contributed by atoms with E-state index in [0.29, 0.717) is 45.4 Å². The lowest BCUT2D eigenvalue weighted by Crippen LogP contribution is -2.43. The van der Waals surface area contributed by atoms with E-state index >= 15 is 0 Å². The highest BCUT2D eigenvalue weighted by Crippen LogP contribution is 2.52. The van der Waals surface area contributed by atoms with E-state index in [-0.39, 0.29) is 17.6 Å². The van der Waals surface area contributed by atoms with Crippen LogP contribution < -0.4 is 5.73 Å². The molecule has 1 saturated heterocycles. The number of terminal acetylenes is 1. The van der Waals surface area contributed by atoms with Gasteiger partial charge in [0, 0.05) is 18.5 Å². The molecule has 0 aromatic heterocycles. The normalized spacial score (nSPS) is 25.2. The van der Waals surface area contributed by atoms with E-state index in [4.69, 9.17) is 16.9 Å². The number of nitrogens with two attached hydrogens (primary N) is 1. The van der Waals surface area contributed by atoms with Gasteiger partial charge in [-0.2, -0.15) is 0 Å². The molecule has 1 heterocycles. The molecule has 4 N–H and O–H groups in total. The molecule has 1 amide bonds. The van der Waals surface area contributed by atoms with Crippen molar-refractivity contribution in [2.45, 2.75) is 71.2 Å². The van der Waals surface area contributed by atoms with Gasteiger partial charge in [-0.15, -0.1) is 6.42 Å². The minimum atomic E-state index is -1.35. The van der Waals surface area contributed by atoms with Gasteiger partial charge in [-0.1, -0.05) is 32.1 Å². The van der Waals surface area contributed by atoms with Crippen LogP contribution in [0.3, 0.4) is 0 Å². The van der Waals surface area contributed by atoms with E-state index in [1.807, 2.05) is 13.8 Å². The summed E-state index contributed by atoms with van der Waals surface area (Å²) in [6.45, 7) is 5.75.